The highest BCUT2D eigenvalue weighted by atomic mass is 35.5. The molecule has 1 saturated carbocycles. The van der Waals surface area contributed by atoms with Crippen LogP contribution in [0.15, 0.2) is 36.7 Å². The summed E-state index contributed by atoms with van der Waals surface area (Å²) in [7, 11) is 0. The average molecular weight is 520 g/mol. The van der Waals surface area contributed by atoms with E-state index < -0.39 is 30.5 Å². The van der Waals surface area contributed by atoms with Crippen molar-refractivity contribution in [1.82, 2.24) is 20.1 Å². The topological polar surface area (TPSA) is 71.8 Å². The van der Waals surface area contributed by atoms with Crippen molar-refractivity contribution >= 4 is 34.1 Å². The number of nitrogens with one attached hydrogen (secondary N) is 2. The van der Waals surface area contributed by atoms with Crippen molar-refractivity contribution in [3.63, 3.8) is 0 Å². The molecule has 0 spiro atoms. The second-order valence-corrected chi connectivity index (χ2v) is 8.87. The number of benzene rings is 1. The Morgan fingerprint density at radius 3 is 2.57 bits per heavy atom. The minimum Gasteiger partial charge on any atom is -0.382 e. The highest BCUT2D eigenvalue weighted by Gasteiger charge is 2.34. The van der Waals surface area contributed by atoms with E-state index in [4.69, 9.17) is 11.6 Å². The molecule has 0 bridgehead atoms. The number of hydrogen-bond donors (Lipinski definition) is 2. The van der Waals surface area contributed by atoms with Crippen molar-refractivity contribution in [3.05, 3.63) is 52.9 Å². The van der Waals surface area contributed by atoms with E-state index in [0.29, 0.717) is 40.8 Å². The zero-order chi connectivity index (χ0) is 25.4. The second-order valence-electron chi connectivity index (χ2n) is 8.43. The Morgan fingerprint density at radius 1 is 1.11 bits per heavy atom. The molecule has 2 aromatic heterocycles. The molecule has 1 fully saturated rings. The molecule has 2 atom stereocenters. The van der Waals surface area contributed by atoms with Crippen molar-refractivity contribution in [3.8, 4) is 0 Å². The fraction of sp³-hybridized carbons (Fsp3) is 0.409. The molecule has 2 N–H and O–H groups in total. The fourth-order valence-corrected chi connectivity index (χ4v) is 4.33. The SMILES string of the molecule is O=C(N[C@@H]1CCC[C@H](Nc2cc(C(F)(F)F)nc3ccc(Cl)cc23)C1)c1cnn(CC(F)(F)F)c1. The number of fused-ring (bicyclic) bond motifs is 1. The van der Waals surface area contributed by atoms with E-state index in [-0.39, 0.29) is 28.9 Å². The number of hydrogen-bond acceptors (Lipinski definition) is 4. The maximum atomic E-state index is 13.4. The van der Waals surface area contributed by atoms with Gasteiger partial charge in [-0.3, -0.25) is 9.48 Å². The summed E-state index contributed by atoms with van der Waals surface area (Å²) in [6, 6.07) is 4.78. The number of alkyl halides is 6. The first-order valence-corrected chi connectivity index (χ1v) is 11.1. The highest BCUT2D eigenvalue weighted by Crippen LogP contribution is 2.35. The van der Waals surface area contributed by atoms with E-state index in [1.54, 1.807) is 0 Å². The Kier molecular flexibility index (Phi) is 6.85. The molecule has 0 aliphatic heterocycles. The molecule has 4 rings (SSSR count). The minimum absolute atomic E-state index is 0.00563. The van der Waals surface area contributed by atoms with E-state index in [2.05, 4.69) is 20.7 Å². The van der Waals surface area contributed by atoms with Crippen LogP contribution in [0.4, 0.5) is 32.0 Å². The van der Waals surface area contributed by atoms with Crippen LogP contribution in [0, 0.1) is 0 Å². The predicted octanol–water partition coefficient (Wildman–Crippen LogP) is 5.82. The quantitative estimate of drug-likeness (QED) is 0.417. The number of rotatable bonds is 5. The number of nitrogens with zero attached hydrogens (tertiary/aromatic N) is 3. The Morgan fingerprint density at radius 2 is 1.86 bits per heavy atom. The first-order valence-electron chi connectivity index (χ1n) is 10.7. The largest absolute Gasteiger partial charge is 0.433 e. The van der Waals surface area contributed by atoms with E-state index in [9.17, 15) is 31.1 Å². The van der Waals surface area contributed by atoms with Gasteiger partial charge < -0.3 is 10.6 Å². The van der Waals surface area contributed by atoms with Gasteiger partial charge in [-0.1, -0.05) is 11.6 Å². The predicted molar refractivity (Wildman–Crippen MR) is 117 cm³/mol. The lowest BCUT2D eigenvalue weighted by atomic mass is 9.90. The average Bonchev–Trinajstić information content (AvgIpc) is 3.20. The van der Waals surface area contributed by atoms with Gasteiger partial charge in [-0.2, -0.15) is 31.4 Å². The van der Waals surface area contributed by atoms with E-state index in [0.717, 1.165) is 18.5 Å². The molecule has 1 amide bonds. The van der Waals surface area contributed by atoms with Crippen LogP contribution in [0.25, 0.3) is 10.9 Å². The zero-order valence-electron chi connectivity index (χ0n) is 18.0. The van der Waals surface area contributed by atoms with Gasteiger partial charge in [-0.15, -0.1) is 0 Å². The smallest absolute Gasteiger partial charge is 0.382 e. The van der Waals surface area contributed by atoms with Gasteiger partial charge in [-0.05, 0) is 49.9 Å². The van der Waals surface area contributed by atoms with Gasteiger partial charge in [0.1, 0.15) is 12.2 Å². The maximum absolute atomic E-state index is 13.4. The van der Waals surface area contributed by atoms with Gasteiger partial charge in [0.25, 0.3) is 5.91 Å². The second kappa shape index (κ2) is 9.56. The number of aromatic nitrogens is 3. The molecule has 1 aliphatic rings. The summed E-state index contributed by atoms with van der Waals surface area (Å²) in [5.74, 6) is -0.565. The van der Waals surface area contributed by atoms with E-state index in [1.165, 1.54) is 18.2 Å². The van der Waals surface area contributed by atoms with Gasteiger partial charge in [0.05, 0.1) is 17.3 Å². The molecule has 0 saturated heterocycles. The van der Waals surface area contributed by atoms with Gasteiger partial charge in [0.15, 0.2) is 0 Å². The summed E-state index contributed by atoms with van der Waals surface area (Å²) in [5, 5.41) is 10.3. The molecular formula is C22H20ClF6N5O. The Bertz CT molecular complexity index is 1230. The summed E-state index contributed by atoms with van der Waals surface area (Å²) in [4.78, 5) is 16.2. The monoisotopic (exact) mass is 519 g/mol. The van der Waals surface area contributed by atoms with Crippen LogP contribution in [0.3, 0.4) is 0 Å². The summed E-state index contributed by atoms with van der Waals surface area (Å²) in [5.41, 5.74) is -0.668. The summed E-state index contributed by atoms with van der Waals surface area (Å²) in [6.45, 7) is -1.31. The number of amides is 1. The molecule has 0 unspecified atom stereocenters. The number of pyridine rings is 1. The third kappa shape index (κ3) is 6.36. The third-order valence-electron chi connectivity index (χ3n) is 5.67. The number of anilines is 1. The van der Waals surface area contributed by atoms with Gasteiger partial charge >= 0.3 is 12.4 Å². The van der Waals surface area contributed by atoms with Crippen LogP contribution >= 0.6 is 11.6 Å². The highest BCUT2D eigenvalue weighted by molar-refractivity contribution is 6.31. The van der Waals surface area contributed by atoms with Crippen molar-refractivity contribution in [2.24, 2.45) is 0 Å². The zero-order valence-corrected chi connectivity index (χ0v) is 18.8. The normalized spacial score (nSPS) is 19.1. The van der Waals surface area contributed by atoms with Crippen LogP contribution in [-0.4, -0.2) is 38.9 Å². The van der Waals surface area contributed by atoms with E-state index in [1.807, 2.05) is 0 Å². The molecule has 35 heavy (non-hydrogen) atoms. The van der Waals surface area contributed by atoms with Gasteiger partial charge in [0.2, 0.25) is 0 Å². The van der Waals surface area contributed by atoms with E-state index >= 15 is 0 Å². The standard InChI is InChI=1S/C22H20ClF6N5O/c23-13-4-5-17-16(6-13)18(8-19(33-17)22(27,28)29)31-14-2-1-3-15(7-14)32-20(35)12-9-30-34(10-12)11-21(24,25)26/h4-6,8-10,14-15H,1-3,7,11H2,(H,31,33)(H,32,35)/t14-,15+/m0/s1. The molecular weight excluding hydrogens is 500 g/mol. The van der Waals surface area contributed by atoms with Crippen molar-refractivity contribution in [2.45, 2.75) is 56.7 Å². The van der Waals surface area contributed by atoms with Crippen LogP contribution in [-0.2, 0) is 12.7 Å². The summed E-state index contributed by atoms with van der Waals surface area (Å²) >= 11 is 6.04. The lowest BCUT2D eigenvalue weighted by molar-refractivity contribution is -0.143. The summed E-state index contributed by atoms with van der Waals surface area (Å²) in [6.07, 6.45) is -4.64. The Balaban J connectivity index is 1.47. The number of carbonyl (C=O) groups excluding carboxylic acids is 1. The molecule has 1 aromatic carbocycles. The number of halogens is 7. The lowest BCUT2D eigenvalue weighted by Crippen LogP contribution is -2.41. The van der Waals surface area contributed by atoms with Crippen LogP contribution in [0.2, 0.25) is 5.02 Å². The first-order chi connectivity index (χ1) is 16.4. The molecule has 3 aromatic rings. The minimum atomic E-state index is -4.64. The van der Waals surface area contributed by atoms with Crippen LogP contribution < -0.4 is 10.6 Å². The molecule has 188 valence electrons. The lowest BCUT2D eigenvalue weighted by Gasteiger charge is -2.31. The maximum Gasteiger partial charge on any atom is 0.433 e. The van der Waals surface area contributed by atoms with Crippen LogP contribution in [0.5, 0.6) is 0 Å². The number of carbonyl (C=O) groups is 1. The third-order valence-corrected chi connectivity index (χ3v) is 5.90. The molecule has 2 heterocycles. The summed E-state index contributed by atoms with van der Waals surface area (Å²) < 4.78 is 78.3. The molecule has 6 nitrogen and oxygen atoms in total. The van der Waals surface area contributed by atoms with Crippen molar-refractivity contribution in [2.75, 3.05) is 5.32 Å². The van der Waals surface area contributed by atoms with Crippen LogP contribution in [0.1, 0.15) is 41.7 Å². The first kappa shape index (κ1) is 25.1. The van der Waals surface area contributed by atoms with Crippen molar-refractivity contribution in [1.29, 1.82) is 0 Å². The van der Waals surface area contributed by atoms with Gasteiger partial charge in [-0.25, -0.2) is 4.98 Å². The molecule has 13 heteroatoms. The van der Waals surface area contributed by atoms with Crippen molar-refractivity contribution < 1.29 is 31.1 Å². The molecule has 1 aliphatic carbocycles. The Labute approximate surface area is 200 Å². The molecule has 0 radical (unpaired) electrons. The van der Waals surface area contributed by atoms with Gasteiger partial charge in [0, 0.05) is 34.4 Å². The fourth-order valence-electron chi connectivity index (χ4n) is 4.15. The Hall–Kier alpha value is -3.02.